The Labute approximate surface area is 131 Å². The lowest BCUT2D eigenvalue weighted by Gasteiger charge is -2.27. The van der Waals surface area contributed by atoms with E-state index in [4.69, 9.17) is 5.11 Å². The molecule has 120 valence electrons. The smallest absolute Gasteiger partial charge is 0.319 e. The quantitative estimate of drug-likeness (QED) is 0.798. The molecule has 1 aromatic rings. The molecule has 0 bridgehead atoms. The van der Waals surface area contributed by atoms with Gasteiger partial charge in [-0.1, -0.05) is 25.1 Å². The van der Waals surface area contributed by atoms with Crippen LogP contribution in [0.1, 0.15) is 43.7 Å². The highest BCUT2D eigenvalue weighted by atomic mass is 16.4. The van der Waals surface area contributed by atoms with Gasteiger partial charge in [-0.3, -0.25) is 4.79 Å². The number of nitrogens with one attached hydrogen (secondary N) is 2. The molecule has 22 heavy (non-hydrogen) atoms. The van der Waals surface area contributed by atoms with Gasteiger partial charge >= 0.3 is 12.0 Å². The number of carbonyl (C=O) groups is 2. The Morgan fingerprint density at radius 1 is 1.23 bits per heavy atom. The summed E-state index contributed by atoms with van der Waals surface area (Å²) in [6, 6.07) is 5.84. The third kappa shape index (κ3) is 4.00. The van der Waals surface area contributed by atoms with E-state index in [1.807, 2.05) is 25.1 Å². The predicted molar refractivity (Wildman–Crippen MR) is 86.1 cm³/mol. The molecule has 1 saturated carbocycles. The molecule has 0 saturated heterocycles. The predicted octanol–water partition coefficient (Wildman–Crippen LogP) is 3.32. The minimum absolute atomic E-state index is 0.0599. The molecule has 0 aliphatic heterocycles. The third-order valence-corrected chi connectivity index (χ3v) is 4.39. The number of aryl methyl sites for hydroxylation is 2. The lowest BCUT2D eigenvalue weighted by Crippen LogP contribution is -2.41. The molecule has 2 rings (SSSR count). The van der Waals surface area contributed by atoms with Crippen LogP contribution in [0.3, 0.4) is 0 Å². The van der Waals surface area contributed by atoms with Gasteiger partial charge in [0, 0.05) is 11.7 Å². The second-order valence-corrected chi connectivity index (χ2v) is 5.95. The van der Waals surface area contributed by atoms with Crippen LogP contribution in [0.5, 0.6) is 0 Å². The zero-order valence-electron chi connectivity index (χ0n) is 13.2. The Hall–Kier alpha value is -2.04. The molecule has 5 nitrogen and oxygen atoms in total. The van der Waals surface area contributed by atoms with Crippen molar-refractivity contribution in [3.05, 3.63) is 29.3 Å². The number of amides is 2. The van der Waals surface area contributed by atoms with Crippen molar-refractivity contribution in [2.24, 2.45) is 5.92 Å². The van der Waals surface area contributed by atoms with Crippen molar-refractivity contribution in [1.82, 2.24) is 5.32 Å². The third-order valence-electron chi connectivity index (χ3n) is 4.39. The lowest BCUT2D eigenvalue weighted by molar-refractivity contribution is -0.142. The molecule has 1 aliphatic rings. The number of carboxylic acids is 1. The lowest BCUT2D eigenvalue weighted by atomic mass is 9.86. The summed E-state index contributed by atoms with van der Waals surface area (Å²) in [5.74, 6) is -0.987. The van der Waals surface area contributed by atoms with E-state index < -0.39 is 5.97 Å². The maximum absolute atomic E-state index is 12.2. The van der Waals surface area contributed by atoms with E-state index in [0.29, 0.717) is 12.8 Å². The molecule has 0 aromatic heterocycles. The molecule has 2 amide bonds. The van der Waals surface area contributed by atoms with Crippen LogP contribution in [-0.2, 0) is 11.2 Å². The van der Waals surface area contributed by atoms with Crippen LogP contribution in [0.4, 0.5) is 10.5 Å². The largest absolute Gasteiger partial charge is 0.481 e. The van der Waals surface area contributed by atoms with Gasteiger partial charge in [0.1, 0.15) is 0 Å². The summed E-state index contributed by atoms with van der Waals surface area (Å²) in [6.07, 6.45) is 3.56. The first-order valence-corrected chi connectivity index (χ1v) is 7.90. The molecular formula is C17H24N2O3. The fourth-order valence-corrected chi connectivity index (χ4v) is 3.02. The van der Waals surface area contributed by atoms with Crippen LogP contribution >= 0.6 is 0 Å². The summed E-state index contributed by atoms with van der Waals surface area (Å²) >= 11 is 0. The molecular weight excluding hydrogens is 280 g/mol. The second-order valence-electron chi connectivity index (χ2n) is 5.95. The first-order valence-electron chi connectivity index (χ1n) is 7.90. The van der Waals surface area contributed by atoms with Gasteiger partial charge in [-0.2, -0.15) is 0 Å². The number of benzene rings is 1. The molecule has 1 aromatic carbocycles. The highest BCUT2D eigenvalue weighted by Crippen LogP contribution is 2.25. The minimum Gasteiger partial charge on any atom is -0.481 e. The number of urea groups is 1. The maximum atomic E-state index is 12.2. The average molecular weight is 304 g/mol. The summed E-state index contributed by atoms with van der Waals surface area (Å²) in [5, 5.41) is 14.9. The number of carbonyl (C=O) groups excluding carboxylic acids is 1. The van der Waals surface area contributed by atoms with Gasteiger partial charge in [-0.15, -0.1) is 0 Å². The Kier molecular flexibility index (Phi) is 5.41. The Bertz CT molecular complexity index is 549. The Morgan fingerprint density at radius 3 is 2.50 bits per heavy atom. The van der Waals surface area contributed by atoms with E-state index in [-0.39, 0.29) is 18.0 Å². The van der Waals surface area contributed by atoms with Gasteiger partial charge in [0.15, 0.2) is 0 Å². The molecule has 0 spiro atoms. The standard InChI is InChI=1S/C17H24N2O3/c1-3-12-6-4-5-11(2)15(12)19-17(22)18-14-9-7-13(8-10-14)16(20)21/h4-6,13-14H,3,7-10H2,1-2H3,(H,20,21)(H2,18,19,22). The zero-order valence-corrected chi connectivity index (χ0v) is 13.2. The van der Waals surface area contributed by atoms with E-state index in [9.17, 15) is 9.59 Å². The van der Waals surface area contributed by atoms with Gasteiger partial charge in [-0.25, -0.2) is 4.79 Å². The summed E-state index contributed by atoms with van der Waals surface area (Å²) in [7, 11) is 0. The normalized spacial score (nSPS) is 21.2. The SMILES string of the molecule is CCc1cccc(C)c1NC(=O)NC1CCC(C(=O)O)CC1. The summed E-state index contributed by atoms with van der Waals surface area (Å²) in [6.45, 7) is 4.04. The molecule has 1 fully saturated rings. The molecule has 0 heterocycles. The number of hydrogen-bond acceptors (Lipinski definition) is 2. The second kappa shape index (κ2) is 7.29. The van der Waals surface area contributed by atoms with E-state index in [1.165, 1.54) is 0 Å². The molecule has 5 heteroatoms. The van der Waals surface area contributed by atoms with Crippen molar-refractivity contribution < 1.29 is 14.7 Å². The molecule has 0 atom stereocenters. The van der Waals surface area contributed by atoms with Crippen LogP contribution in [0.2, 0.25) is 0 Å². The highest BCUT2D eigenvalue weighted by molar-refractivity contribution is 5.91. The first-order chi connectivity index (χ1) is 10.5. The number of hydrogen-bond donors (Lipinski definition) is 3. The van der Waals surface area contributed by atoms with Gasteiger partial charge in [0.05, 0.1) is 5.92 Å². The first kappa shape index (κ1) is 16.3. The van der Waals surface area contributed by atoms with Crippen LogP contribution in [0.25, 0.3) is 0 Å². The summed E-state index contributed by atoms with van der Waals surface area (Å²) in [4.78, 5) is 23.1. The molecule has 3 N–H and O–H groups in total. The Morgan fingerprint density at radius 2 is 1.91 bits per heavy atom. The van der Waals surface area contributed by atoms with Gasteiger partial charge in [-0.05, 0) is 50.2 Å². The summed E-state index contributed by atoms with van der Waals surface area (Å²) in [5.41, 5.74) is 3.04. The van der Waals surface area contributed by atoms with Crippen LogP contribution < -0.4 is 10.6 Å². The average Bonchev–Trinajstić information content (AvgIpc) is 2.49. The fourth-order valence-electron chi connectivity index (χ4n) is 3.02. The van der Waals surface area contributed by atoms with E-state index in [1.54, 1.807) is 0 Å². The molecule has 0 radical (unpaired) electrons. The number of anilines is 1. The van der Waals surface area contributed by atoms with Crippen molar-refractivity contribution in [1.29, 1.82) is 0 Å². The van der Waals surface area contributed by atoms with Crippen molar-refractivity contribution in [2.45, 2.75) is 52.0 Å². The van der Waals surface area contributed by atoms with Crippen LogP contribution in [0, 0.1) is 12.8 Å². The monoisotopic (exact) mass is 304 g/mol. The van der Waals surface area contributed by atoms with E-state index in [2.05, 4.69) is 17.6 Å². The number of carboxylic acid groups (broad SMARTS) is 1. The van der Waals surface area contributed by atoms with E-state index in [0.717, 1.165) is 36.1 Å². The number of rotatable bonds is 4. The van der Waals surface area contributed by atoms with Crippen molar-refractivity contribution >= 4 is 17.7 Å². The maximum Gasteiger partial charge on any atom is 0.319 e. The number of aliphatic carboxylic acids is 1. The Balaban J connectivity index is 1.90. The minimum atomic E-state index is -0.726. The number of para-hydroxylation sites is 1. The topological polar surface area (TPSA) is 78.4 Å². The van der Waals surface area contributed by atoms with Crippen molar-refractivity contribution in [3.63, 3.8) is 0 Å². The molecule has 1 aliphatic carbocycles. The summed E-state index contributed by atoms with van der Waals surface area (Å²) < 4.78 is 0. The van der Waals surface area contributed by atoms with Gasteiger partial charge in [0.2, 0.25) is 0 Å². The highest BCUT2D eigenvalue weighted by Gasteiger charge is 2.26. The molecule has 0 unspecified atom stereocenters. The van der Waals surface area contributed by atoms with Crippen molar-refractivity contribution in [2.75, 3.05) is 5.32 Å². The zero-order chi connectivity index (χ0) is 16.1. The van der Waals surface area contributed by atoms with Gasteiger partial charge in [0.25, 0.3) is 0 Å². The van der Waals surface area contributed by atoms with Crippen molar-refractivity contribution in [3.8, 4) is 0 Å². The van der Waals surface area contributed by atoms with Crippen LogP contribution in [-0.4, -0.2) is 23.1 Å². The van der Waals surface area contributed by atoms with Gasteiger partial charge < -0.3 is 15.7 Å². The fraction of sp³-hybridized carbons (Fsp3) is 0.529. The van der Waals surface area contributed by atoms with Crippen LogP contribution in [0.15, 0.2) is 18.2 Å². The van der Waals surface area contributed by atoms with E-state index >= 15 is 0 Å².